The summed E-state index contributed by atoms with van der Waals surface area (Å²) in [6, 6.07) is 10.9. The van der Waals surface area contributed by atoms with Crippen LogP contribution in [0.2, 0.25) is 0 Å². The van der Waals surface area contributed by atoms with E-state index in [0.29, 0.717) is 6.04 Å². The Morgan fingerprint density at radius 3 is 2.50 bits per heavy atom. The van der Waals surface area contributed by atoms with E-state index in [1.54, 1.807) is 6.33 Å². The van der Waals surface area contributed by atoms with Crippen LogP contribution in [0.4, 0.5) is 0 Å². The minimum atomic E-state index is 0.330. The third-order valence-electron chi connectivity index (χ3n) is 3.00. The van der Waals surface area contributed by atoms with Crippen LogP contribution in [0.1, 0.15) is 30.5 Å². The van der Waals surface area contributed by atoms with E-state index < -0.39 is 0 Å². The fourth-order valence-corrected chi connectivity index (χ4v) is 2.08. The summed E-state index contributed by atoms with van der Waals surface area (Å²) in [4.78, 5) is 8.18. The number of aryl methyl sites for hydroxylation is 1. The average Bonchev–Trinajstić information content (AvgIpc) is 2.45. The Bertz CT molecular complexity index is 442. The molecule has 0 spiro atoms. The van der Waals surface area contributed by atoms with E-state index in [0.717, 1.165) is 24.9 Å². The fourth-order valence-electron chi connectivity index (χ4n) is 2.08. The molecule has 0 amide bonds. The second kappa shape index (κ2) is 6.87. The Kier molecular flexibility index (Phi) is 4.85. The standard InChI is InChI=1S/C15H19N3/c1-2-18-15(14-10-16-12-17-11-14)9-8-13-6-4-3-5-7-13/h3-7,10-12,15,18H,2,8-9H2,1H3. The lowest BCUT2D eigenvalue weighted by Crippen LogP contribution is -2.21. The molecule has 0 aliphatic carbocycles. The van der Waals surface area contributed by atoms with E-state index in [4.69, 9.17) is 0 Å². The largest absolute Gasteiger partial charge is 0.310 e. The molecule has 94 valence electrons. The van der Waals surface area contributed by atoms with E-state index in [1.165, 1.54) is 5.56 Å². The Labute approximate surface area is 108 Å². The van der Waals surface area contributed by atoms with Crippen molar-refractivity contribution in [1.29, 1.82) is 0 Å². The fraction of sp³-hybridized carbons (Fsp3) is 0.333. The zero-order valence-corrected chi connectivity index (χ0v) is 10.7. The third-order valence-corrected chi connectivity index (χ3v) is 3.00. The first-order valence-corrected chi connectivity index (χ1v) is 6.42. The highest BCUT2D eigenvalue weighted by molar-refractivity contribution is 5.16. The van der Waals surface area contributed by atoms with E-state index in [-0.39, 0.29) is 0 Å². The highest BCUT2D eigenvalue weighted by Crippen LogP contribution is 2.17. The quantitative estimate of drug-likeness (QED) is 0.845. The molecule has 0 saturated heterocycles. The minimum Gasteiger partial charge on any atom is -0.310 e. The van der Waals surface area contributed by atoms with Gasteiger partial charge >= 0.3 is 0 Å². The van der Waals surface area contributed by atoms with Crippen LogP contribution in [0.5, 0.6) is 0 Å². The summed E-state index contributed by atoms with van der Waals surface area (Å²) in [7, 11) is 0. The molecule has 2 rings (SSSR count). The SMILES string of the molecule is CCNC(CCc1ccccc1)c1cncnc1. The van der Waals surface area contributed by atoms with Crippen molar-refractivity contribution in [3.05, 3.63) is 60.2 Å². The molecule has 2 aromatic rings. The van der Waals surface area contributed by atoms with E-state index in [1.807, 2.05) is 12.4 Å². The van der Waals surface area contributed by atoms with Crippen molar-refractivity contribution >= 4 is 0 Å². The maximum absolute atomic E-state index is 4.09. The number of hydrogen-bond donors (Lipinski definition) is 1. The number of rotatable bonds is 6. The monoisotopic (exact) mass is 241 g/mol. The van der Waals surface area contributed by atoms with Gasteiger partial charge in [-0.2, -0.15) is 0 Å². The van der Waals surface area contributed by atoms with Gasteiger partial charge in [0.05, 0.1) is 0 Å². The number of hydrogen-bond acceptors (Lipinski definition) is 3. The van der Waals surface area contributed by atoms with Crippen LogP contribution in [0.25, 0.3) is 0 Å². The molecule has 1 aromatic heterocycles. The second-order valence-electron chi connectivity index (χ2n) is 4.31. The maximum Gasteiger partial charge on any atom is 0.115 e. The van der Waals surface area contributed by atoms with Gasteiger partial charge in [0.25, 0.3) is 0 Å². The Morgan fingerprint density at radius 1 is 1.11 bits per heavy atom. The molecule has 0 bridgehead atoms. The van der Waals surface area contributed by atoms with Crippen LogP contribution < -0.4 is 5.32 Å². The summed E-state index contributed by atoms with van der Waals surface area (Å²) in [6.07, 6.45) is 7.49. The molecule has 0 radical (unpaired) electrons. The topological polar surface area (TPSA) is 37.8 Å². The van der Waals surface area contributed by atoms with Crippen molar-refractivity contribution in [2.24, 2.45) is 0 Å². The molecule has 1 aromatic carbocycles. The summed E-state index contributed by atoms with van der Waals surface area (Å²) in [5.74, 6) is 0. The van der Waals surface area contributed by atoms with Gasteiger partial charge in [0, 0.05) is 24.0 Å². The van der Waals surface area contributed by atoms with E-state index in [9.17, 15) is 0 Å². The van der Waals surface area contributed by atoms with E-state index >= 15 is 0 Å². The maximum atomic E-state index is 4.09. The molecule has 0 fully saturated rings. The van der Waals surface area contributed by atoms with Crippen molar-refractivity contribution in [2.45, 2.75) is 25.8 Å². The highest BCUT2D eigenvalue weighted by Gasteiger charge is 2.10. The predicted octanol–water partition coefficient (Wildman–Crippen LogP) is 2.76. The Balaban J connectivity index is 1.99. The van der Waals surface area contributed by atoms with Crippen molar-refractivity contribution in [1.82, 2.24) is 15.3 Å². The lowest BCUT2D eigenvalue weighted by molar-refractivity contribution is 0.512. The first-order valence-electron chi connectivity index (χ1n) is 6.42. The molecule has 1 atom stereocenters. The highest BCUT2D eigenvalue weighted by atomic mass is 14.9. The van der Waals surface area contributed by atoms with Crippen LogP contribution in [-0.2, 0) is 6.42 Å². The number of benzene rings is 1. The summed E-state index contributed by atoms with van der Waals surface area (Å²) in [5, 5.41) is 3.49. The van der Waals surface area contributed by atoms with Crippen LogP contribution in [0, 0.1) is 0 Å². The second-order valence-corrected chi connectivity index (χ2v) is 4.31. The Hall–Kier alpha value is -1.74. The van der Waals surface area contributed by atoms with Crippen molar-refractivity contribution < 1.29 is 0 Å². The van der Waals surface area contributed by atoms with Crippen molar-refractivity contribution in [3.63, 3.8) is 0 Å². The van der Waals surface area contributed by atoms with Crippen molar-refractivity contribution in [2.75, 3.05) is 6.54 Å². The molecular weight excluding hydrogens is 222 g/mol. The molecule has 3 heteroatoms. The van der Waals surface area contributed by atoms with Crippen LogP contribution in [-0.4, -0.2) is 16.5 Å². The average molecular weight is 241 g/mol. The van der Waals surface area contributed by atoms with Gasteiger partial charge in [0.15, 0.2) is 0 Å². The normalized spacial score (nSPS) is 12.3. The smallest absolute Gasteiger partial charge is 0.115 e. The van der Waals surface area contributed by atoms with Crippen LogP contribution in [0.3, 0.4) is 0 Å². The molecule has 3 nitrogen and oxygen atoms in total. The minimum absolute atomic E-state index is 0.330. The molecule has 1 N–H and O–H groups in total. The molecule has 0 saturated carbocycles. The number of nitrogens with one attached hydrogen (secondary N) is 1. The van der Waals surface area contributed by atoms with Gasteiger partial charge < -0.3 is 5.32 Å². The van der Waals surface area contributed by atoms with Crippen molar-refractivity contribution in [3.8, 4) is 0 Å². The van der Waals surface area contributed by atoms with Gasteiger partial charge in [-0.05, 0) is 24.9 Å². The summed E-state index contributed by atoms with van der Waals surface area (Å²) >= 11 is 0. The summed E-state index contributed by atoms with van der Waals surface area (Å²) in [6.45, 7) is 3.08. The van der Waals surface area contributed by atoms with Gasteiger partial charge in [0.2, 0.25) is 0 Å². The van der Waals surface area contributed by atoms with Gasteiger partial charge in [-0.15, -0.1) is 0 Å². The van der Waals surface area contributed by atoms with Gasteiger partial charge in [-0.3, -0.25) is 0 Å². The molecular formula is C15H19N3. The first kappa shape index (κ1) is 12.7. The zero-order valence-electron chi connectivity index (χ0n) is 10.7. The first-order chi connectivity index (χ1) is 8.90. The van der Waals surface area contributed by atoms with Crippen LogP contribution >= 0.6 is 0 Å². The Morgan fingerprint density at radius 2 is 1.83 bits per heavy atom. The van der Waals surface area contributed by atoms with Gasteiger partial charge in [-0.1, -0.05) is 37.3 Å². The lowest BCUT2D eigenvalue weighted by Gasteiger charge is -2.17. The van der Waals surface area contributed by atoms with Gasteiger partial charge in [-0.25, -0.2) is 9.97 Å². The van der Waals surface area contributed by atoms with E-state index in [2.05, 4.69) is 52.5 Å². The zero-order chi connectivity index (χ0) is 12.6. The summed E-state index contributed by atoms with van der Waals surface area (Å²) in [5.41, 5.74) is 2.53. The van der Waals surface area contributed by atoms with Crippen LogP contribution in [0.15, 0.2) is 49.1 Å². The third kappa shape index (κ3) is 3.64. The van der Waals surface area contributed by atoms with Gasteiger partial charge in [0.1, 0.15) is 6.33 Å². The predicted molar refractivity (Wildman–Crippen MR) is 73.2 cm³/mol. The summed E-state index contributed by atoms with van der Waals surface area (Å²) < 4.78 is 0. The molecule has 1 heterocycles. The molecule has 18 heavy (non-hydrogen) atoms. The molecule has 0 aliphatic heterocycles. The lowest BCUT2D eigenvalue weighted by atomic mass is 10.0. The molecule has 1 unspecified atom stereocenters. The number of nitrogens with zero attached hydrogens (tertiary/aromatic N) is 2. The number of aromatic nitrogens is 2. The molecule has 0 aliphatic rings.